The Balaban J connectivity index is 1.75. The lowest BCUT2D eigenvalue weighted by atomic mass is 10.3. The molecule has 0 amide bonds. The van der Waals surface area contributed by atoms with E-state index in [2.05, 4.69) is 22.6 Å². The van der Waals surface area contributed by atoms with Crippen LogP contribution in [0.1, 0.15) is 30.0 Å². The van der Waals surface area contributed by atoms with Crippen LogP contribution in [0.5, 0.6) is 0 Å². The minimum absolute atomic E-state index is 0.753. The van der Waals surface area contributed by atoms with E-state index in [1.165, 1.54) is 17.1 Å². The van der Waals surface area contributed by atoms with E-state index >= 15 is 0 Å². The van der Waals surface area contributed by atoms with Crippen LogP contribution in [0.2, 0.25) is 0 Å². The van der Waals surface area contributed by atoms with Crippen molar-refractivity contribution < 1.29 is 4.74 Å². The number of nitrogens with zero attached hydrogens (tertiary/aromatic N) is 1. The zero-order valence-electron chi connectivity index (χ0n) is 9.32. The molecule has 4 heteroatoms. The quantitative estimate of drug-likeness (QED) is 0.753. The van der Waals surface area contributed by atoms with Gasteiger partial charge >= 0.3 is 0 Å². The van der Waals surface area contributed by atoms with E-state index in [9.17, 15) is 0 Å². The van der Waals surface area contributed by atoms with Crippen LogP contribution >= 0.6 is 11.3 Å². The van der Waals surface area contributed by atoms with Crippen LogP contribution in [0.4, 0.5) is 0 Å². The standard InChI is InChI=1S/C11H18N2OS/c1-8-5-10(8)11-13-9(7-15-11)6-12-3-4-14-2/h7-8,10,12H,3-6H2,1-2H3. The first-order chi connectivity index (χ1) is 7.31. The second-order valence-electron chi connectivity index (χ2n) is 4.17. The maximum absolute atomic E-state index is 4.97. The van der Waals surface area contributed by atoms with Gasteiger partial charge in [0.05, 0.1) is 17.3 Å². The highest BCUT2D eigenvalue weighted by Gasteiger charge is 2.36. The highest BCUT2D eigenvalue weighted by atomic mass is 32.1. The third-order valence-electron chi connectivity index (χ3n) is 2.79. The second kappa shape index (κ2) is 5.05. The second-order valence-corrected chi connectivity index (χ2v) is 5.06. The number of rotatable bonds is 6. The van der Waals surface area contributed by atoms with Crippen LogP contribution in [0.25, 0.3) is 0 Å². The Morgan fingerprint density at radius 2 is 2.47 bits per heavy atom. The Morgan fingerprint density at radius 3 is 3.13 bits per heavy atom. The maximum Gasteiger partial charge on any atom is 0.0962 e. The Bertz CT molecular complexity index is 313. The molecule has 2 atom stereocenters. The molecule has 1 aromatic rings. The van der Waals surface area contributed by atoms with Gasteiger partial charge in [0.1, 0.15) is 0 Å². The van der Waals surface area contributed by atoms with Crippen molar-refractivity contribution in [2.24, 2.45) is 5.92 Å². The van der Waals surface area contributed by atoms with Crippen molar-refractivity contribution in [2.75, 3.05) is 20.3 Å². The van der Waals surface area contributed by atoms with Gasteiger partial charge in [0.15, 0.2) is 0 Å². The predicted octanol–water partition coefficient (Wildman–Crippen LogP) is 2.00. The van der Waals surface area contributed by atoms with Crippen molar-refractivity contribution in [1.29, 1.82) is 0 Å². The van der Waals surface area contributed by atoms with Crippen molar-refractivity contribution in [2.45, 2.75) is 25.8 Å². The molecule has 1 aliphatic rings. The molecular weight excluding hydrogens is 208 g/mol. The predicted molar refractivity (Wildman–Crippen MR) is 62.2 cm³/mol. The van der Waals surface area contributed by atoms with Crippen LogP contribution in [-0.2, 0) is 11.3 Å². The summed E-state index contributed by atoms with van der Waals surface area (Å²) in [5.74, 6) is 1.60. The zero-order valence-corrected chi connectivity index (χ0v) is 10.1. The first-order valence-electron chi connectivity index (χ1n) is 5.45. The summed E-state index contributed by atoms with van der Waals surface area (Å²) in [4.78, 5) is 4.64. The first-order valence-corrected chi connectivity index (χ1v) is 6.33. The molecule has 3 nitrogen and oxygen atoms in total. The first kappa shape index (κ1) is 11.0. The minimum Gasteiger partial charge on any atom is -0.383 e. The highest BCUT2D eigenvalue weighted by Crippen LogP contribution is 2.47. The van der Waals surface area contributed by atoms with Crippen LogP contribution < -0.4 is 5.32 Å². The zero-order chi connectivity index (χ0) is 10.7. The molecule has 15 heavy (non-hydrogen) atoms. The lowest BCUT2D eigenvalue weighted by Crippen LogP contribution is -2.18. The molecule has 1 fully saturated rings. The smallest absolute Gasteiger partial charge is 0.0962 e. The summed E-state index contributed by atoms with van der Waals surface area (Å²) in [7, 11) is 1.72. The van der Waals surface area contributed by atoms with E-state index in [1.54, 1.807) is 18.4 Å². The molecule has 1 aromatic heterocycles. The Labute approximate surface area is 94.9 Å². The summed E-state index contributed by atoms with van der Waals surface area (Å²) in [6, 6.07) is 0. The van der Waals surface area contributed by atoms with Gasteiger partial charge in [0.25, 0.3) is 0 Å². The number of nitrogens with one attached hydrogen (secondary N) is 1. The number of ether oxygens (including phenoxy) is 1. The third-order valence-corrected chi connectivity index (χ3v) is 3.81. The van der Waals surface area contributed by atoms with Gasteiger partial charge in [-0.25, -0.2) is 4.98 Å². The summed E-state index contributed by atoms with van der Waals surface area (Å²) in [5, 5.41) is 6.80. The van der Waals surface area contributed by atoms with Crippen molar-refractivity contribution in [3.05, 3.63) is 16.1 Å². The number of hydrogen-bond acceptors (Lipinski definition) is 4. The molecule has 1 saturated carbocycles. The fourth-order valence-corrected chi connectivity index (χ4v) is 2.70. The van der Waals surface area contributed by atoms with Gasteiger partial charge in [-0.2, -0.15) is 0 Å². The van der Waals surface area contributed by atoms with E-state index in [4.69, 9.17) is 4.74 Å². The summed E-state index contributed by atoms with van der Waals surface area (Å²) < 4.78 is 4.97. The SMILES string of the molecule is COCCNCc1csc(C2CC2C)n1. The van der Waals surface area contributed by atoms with Crippen LogP contribution in [-0.4, -0.2) is 25.2 Å². The highest BCUT2D eigenvalue weighted by molar-refractivity contribution is 7.09. The summed E-state index contributed by atoms with van der Waals surface area (Å²) in [6.07, 6.45) is 1.32. The number of hydrogen-bond donors (Lipinski definition) is 1. The molecule has 1 heterocycles. The Morgan fingerprint density at radius 1 is 1.67 bits per heavy atom. The molecular formula is C11H18N2OS. The van der Waals surface area contributed by atoms with Gasteiger partial charge < -0.3 is 10.1 Å². The molecule has 0 saturated heterocycles. The van der Waals surface area contributed by atoms with Crippen molar-refractivity contribution in [3.63, 3.8) is 0 Å². The normalized spacial score (nSPS) is 24.4. The average Bonchev–Trinajstić information content (AvgIpc) is 2.80. The van der Waals surface area contributed by atoms with Crippen molar-refractivity contribution in [1.82, 2.24) is 10.3 Å². The van der Waals surface area contributed by atoms with Gasteiger partial charge in [0.2, 0.25) is 0 Å². The van der Waals surface area contributed by atoms with Gasteiger partial charge in [-0.05, 0) is 12.3 Å². The summed E-state index contributed by atoms with van der Waals surface area (Å²) in [6.45, 7) is 4.81. The molecule has 84 valence electrons. The summed E-state index contributed by atoms with van der Waals surface area (Å²) in [5.41, 5.74) is 1.17. The third kappa shape index (κ3) is 3.00. The number of thiazole rings is 1. The fourth-order valence-electron chi connectivity index (χ4n) is 1.63. The molecule has 1 aliphatic carbocycles. The van der Waals surface area contributed by atoms with Crippen LogP contribution in [0.15, 0.2) is 5.38 Å². The fraction of sp³-hybridized carbons (Fsp3) is 0.727. The number of aromatic nitrogens is 1. The largest absolute Gasteiger partial charge is 0.383 e. The van der Waals surface area contributed by atoms with Crippen LogP contribution in [0, 0.1) is 5.92 Å². The van der Waals surface area contributed by atoms with Gasteiger partial charge in [-0.15, -0.1) is 11.3 Å². The minimum atomic E-state index is 0.753. The van der Waals surface area contributed by atoms with Gasteiger partial charge in [-0.3, -0.25) is 0 Å². The molecule has 0 bridgehead atoms. The number of methoxy groups -OCH3 is 1. The van der Waals surface area contributed by atoms with E-state index in [0.717, 1.165) is 31.5 Å². The van der Waals surface area contributed by atoms with Crippen LogP contribution in [0.3, 0.4) is 0 Å². The molecule has 1 N–H and O–H groups in total. The van der Waals surface area contributed by atoms with E-state index < -0.39 is 0 Å². The average molecular weight is 226 g/mol. The van der Waals surface area contributed by atoms with Crippen molar-refractivity contribution in [3.8, 4) is 0 Å². The van der Waals surface area contributed by atoms with E-state index in [0.29, 0.717) is 0 Å². The lowest BCUT2D eigenvalue weighted by molar-refractivity contribution is 0.199. The molecule has 0 radical (unpaired) electrons. The van der Waals surface area contributed by atoms with Gasteiger partial charge in [-0.1, -0.05) is 6.92 Å². The summed E-state index contributed by atoms with van der Waals surface area (Å²) >= 11 is 1.81. The lowest BCUT2D eigenvalue weighted by Gasteiger charge is -2.00. The monoisotopic (exact) mass is 226 g/mol. The maximum atomic E-state index is 4.97. The molecule has 0 aliphatic heterocycles. The molecule has 0 aromatic carbocycles. The topological polar surface area (TPSA) is 34.1 Å². The van der Waals surface area contributed by atoms with E-state index in [1.807, 2.05) is 0 Å². The Kier molecular flexibility index (Phi) is 3.72. The molecule has 0 spiro atoms. The van der Waals surface area contributed by atoms with E-state index in [-0.39, 0.29) is 0 Å². The molecule has 2 rings (SSSR count). The van der Waals surface area contributed by atoms with Crippen molar-refractivity contribution >= 4 is 11.3 Å². The Hall–Kier alpha value is -0.450. The van der Waals surface area contributed by atoms with Gasteiger partial charge in [0, 0.05) is 31.5 Å². The molecule has 2 unspecified atom stereocenters.